The van der Waals surface area contributed by atoms with Crippen LogP contribution in [0.4, 0.5) is 4.79 Å². The van der Waals surface area contributed by atoms with E-state index in [1.807, 2.05) is 24.3 Å². The van der Waals surface area contributed by atoms with Crippen LogP contribution in [0.15, 0.2) is 24.3 Å². The number of hydrogen-bond donors (Lipinski definition) is 1. The van der Waals surface area contributed by atoms with E-state index in [2.05, 4.69) is 22.6 Å². The molecule has 0 spiro atoms. The van der Waals surface area contributed by atoms with Crippen molar-refractivity contribution in [1.29, 1.82) is 0 Å². The van der Waals surface area contributed by atoms with Crippen LogP contribution in [-0.2, 0) is 14.3 Å². The predicted molar refractivity (Wildman–Crippen MR) is 96.6 cm³/mol. The van der Waals surface area contributed by atoms with Gasteiger partial charge < -0.3 is 14.6 Å². The maximum absolute atomic E-state index is 12.7. The van der Waals surface area contributed by atoms with Gasteiger partial charge in [0.05, 0.1) is 0 Å². The second kappa shape index (κ2) is 6.51. The molecule has 1 N–H and O–H groups in total. The van der Waals surface area contributed by atoms with Crippen molar-refractivity contribution < 1.29 is 24.2 Å². The Balaban J connectivity index is 2.47. The molecule has 0 radical (unpaired) electrons. The third kappa shape index (κ3) is 4.00. The van der Waals surface area contributed by atoms with Crippen molar-refractivity contribution in [2.45, 2.75) is 58.1 Å². The average Bonchev–Trinajstić information content (AvgIpc) is 2.69. The molecule has 1 aliphatic heterocycles. The molecule has 0 saturated carbocycles. The van der Waals surface area contributed by atoms with E-state index in [-0.39, 0.29) is 0 Å². The molecule has 1 aromatic rings. The fraction of sp³-hybridized carbons (Fsp3) is 0.529. The minimum absolute atomic E-state index is 0.597. The van der Waals surface area contributed by atoms with Gasteiger partial charge in [0.2, 0.25) is 0 Å². The molecule has 132 valence electrons. The molecular weight excluding hydrogens is 425 g/mol. The monoisotopic (exact) mass is 447 g/mol. The van der Waals surface area contributed by atoms with Crippen LogP contribution in [0.5, 0.6) is 0 Å². The molecule has 0 aromatic heterocycles. The lowest BCUT2D eigenvalue weighted by Crippen LogP contribution is -2.47. The highest BCUT2D eigenvalue weighted by atomic mass is 127. The van der Waals surface area contributed by atoms with Crippen molar-refractivity contribution in [3.63, 3.8) is 0 Å². The summed E-state index contributed by atoms with van der Waals surface area (Å²) >= 11 is 2.17. The molecule has 0 aliphatic carbocycles. The van der Waals surface area contributed by atoms with E-state index in [1.54, 1.807) is 34.6 Å². The molecule has 1 aliphatic rings. The van der Waals surface area contributed by atoms with E-state index < -0.39 is 35.5 Å². The van der Waals surface area contributed by atoms with Crippen molar-refractivity contribution in [3.05, 3.63) is 33.4 Å². The number of carboxylic acids is 1. The summed E-state index contributed by atoms with van der Waals surface area (Å²) in [6.45, 7) is 8.63. The topological polar surface area (TPSA) is 76.1 Å². The van der Waals surface area contributed by atoms with E-state index in [0.29, 0.717) is 5.56 Å². The van der Waals surface area contributed by atoms with Crippen molar-refractivity contribution >= 4 is 34.7 Å². The molecule has 7 heteroatoms. The highest BCUT2D eigenvalue weighted by molar-refractivity contribution is 14.1. The van der Waals surface area contributed by atoms with Crippen LogP contribution in [0.2, 0.25) is 0 Å². The van der Waals surface area contributed by atoms with Crippen LogP contribution in [0, 0.1) is 3.57 Å². The van der Waals surface area contributed by atoms with Gasteiger partial charge in [0.1, 0.15) is 17.4 Å². The first-order valence-corrected chi connectivity index (χ1v) is 8.69. The quantitative estimate of drug-likeness (QED) is 0.699. The second-order valence-corrected chi connectivity index (χ2v) is 8.42. The summed E-state index contributed by atoms with van der Waals surface area (Å²) < 4.78 is 12.2. The van der Waals surface area contributed by atoms with Crippen LogP contribution in [0.1, 0.15) is 46.2 Å². The zero-order valence-corrected chi connectivity index (χ0v) is 16.5. The van der Waals surface area contributed by atoms with Gasteiger partial charge in [-0.25, -0.2) is 9.59 Å². The van der Waals surface area contributed by atoms with Gasteiger partial charge >= 0.3 is 12.1 Å². The van der Waals surface area contributed by atoms with Gasteiger partial charge in [0.15, 0.2) is 6.10 Å². The molecule has 2 atom stereocenters. The molecular formula is C17H22INO5. The first-order chi connectivity index (χ1) is 10.9. The normalized spacial score (nSPS) is 23.2. The maximum Gasteiger partial charge on any atom is 0.413 e. The van der Waals surface area contributed by atoms with Gasteiger partial charge in [-0.3, -0.25) is 4.90 Å². The Morgan fingerprint density at radius 3 is 2.25 bits per heavy atom. The number of ether oxygens (including phenoxy) is 2. The summed E-state index contributed by atoms with van der Waals surface area (Å²) in [5, 5.41) is 9.56. The summed E-state index contributed by atoms with van der Waals surface area (Å²) in [5.41, 5.74) is -1.09. The summed E-state index contributed by atoms with van der Waals surface area (Å²) in [4.78, 5) is 25.8. The Kier molecular flexibility index (Phi) is 5.15. The number of aliphatic carboxylic acids is 1. The number of amides is 1. The lowest BCUT2D eigenvalue weighted by molar-refractivity contribution is -0.155. The first-order valence-electron chi connectivity index (χ1n) is 7.61. The van der Waals surface area contributed by atoms with Crippen LogP contribution in [0.25, 0.3) is 0 Å². The van der Waals surface area contributed by atoms with Crippen LogP contribution in [0.3, 0.4) is 0 Å². The fourth-order valence-electron chi connectivity index (χ4n) is 2.72. The van der Waals surface area contributed by atoms with Crippen LogP contribution >= 0.6 is 22.6 Å². The van der Waals surface area contributed by atoms with Crippen LogP contribution in [-0.4, -0.2) is 39.5 Å². The number of carboxylic acid groups (broad SMARTS) is 1. The first kappa shape index (κ1) is 19.0. The molecule has 24 heavy (non-hydrogen) atoms. The molecule has 1 saturated heterocycles. The van der Waals surface area contributed by atoms with Crippen molar-refractivity contribution in [1.82, 2.24) is 4.90 Å². The lowest BCUT2D eigenvalue weighted by Gasteiger charge is -2.35. The molecule has 1 fully saturated rings. The van der Waals surface area contributed by atoms with Gasteiger partial charge in [-0.2, -0.15) is 0 Å². The van der Waals surface area contributed by atoms with Gasteiger partial charge in [-0.05, 0) is 74.9 Å². The molecule has 2 rings (SSSR count). The van der Waals surface area contributed by atoms with Crippen molar-refractivity contribution in [2.75, 3.05) is 0 Å². The van der Waals surface area contributed by atoms with E-state index in [9.17, 15) is 14.7 Å². The molecule has 0 unspecified atom stereocenters. The second-order valence-electron chi connectivity index (χ2n) is 7.17. The highest BCUT2D eigenvalue weighted by Crippen LogP contribution is 2.42. The van der Waals surface area contributed by atoms with Gasteiger partial charge in [0.25, 0.3) is 0 Å². The minimum Gasteiger partial charge on any atom is -0.479 e. The smallest absolute Gasteiger partial charge is 0.413 e. The standard InChI is InChI=1S/C17H22INO5/c1-16(2,3)24-15(22)19-12(10-6-8-11(18)9-7-10)13(14(20)21)23-17(19,4)5/h6-9,12-13H,1-5H3,(H,20,21)/t12-,13+/m0/s1. The minimum atomic E-state index is -1.16. The van der Waals surface area contributed by atoms with Crippen molar-refractivity contribution in [3.8, 4) is 0 Å². The highest BCUT2D eigenvalue weighted by Gasteiger charge is 2.54. The van der Waals surface area contributed by atoms with Crippen LogP contribution < -0.4 is 0 Å². The number of carbonyl (C=O) groups excluding carboxylic acids is 1. The zero-order valence-electron chi connectivity index (χ0n) is 14.4. The zero-order chi connectivity index (χ0) is 18.3. The predicted octanol–water partition coefficient (Wildman–Crippen LogP) is 3.79. The summed E-state index contributed by atoms with van der Waals surface area (Å²) in [6, 6.07) is 6.60. The summed E-state index contributed by atoms with van der Waals surface area (Å²) in [5.74, 6) is -1.11. The molecule has 1 aromatic carbocycles. The fourth-order valence-corrected chi connectivity index (χ4v) is 3.08. The molecule has 6 nitrogen and oxygen atoms in total. The Labute approximate surface area is 155 Å². The van der Waals surface area contributed by atoms with E-state index >= 15 is 0 Å². The SMILES string of the molecule is CC(C)(C)OC(=O)N1[C@@H](c2ccc(I)cc2)[C@H](C(=O)O)OC1(C)C. The number of hydrogen-bond acceptors (Lipinski definition) is 4. The lowest BCUT2D eigenvalue weighted by atomic mass is 10.0. The van der Waals surface area contributed by atoms with E-state index in [1.165, 1.54) is 4.90 Å². The maximum atomic E-state index is 12.7. The Hall–Kier alpha value is -1.35. The Morgan fingerprint density at radius 2 is 1.79 bits per heavy atom. The van der Waals surface area contributed by atoms with E-state index in [0.717, 1.165) is 3.57 Å². The molecule has 0 bridgehead atoms. The van der Waals surface area contributed by atoms with E-state index in [4.69, 9.17) is 9.47 Å². The largest absolute Gasteiger partial charge is 0.479 e. The number of rotatable bonds is 2. The molecule has 1 heterocycles. The number of benzene rings is 1. The number of carbonyl (C=O) groups is 2. The van der Waals surface area contributed by atoms with Crippen molar-refractivity contribution in [2.24, 2.45) is 0 Å². The number of nitrogens with zero attached hydrogens (tertiary/aromatic N) is 1. The average molecular weight is 447 g/mol. The Bertz CT molecular complexity index is 635. The number of halogens is 1. The third-order valence-corrected chi connectivity index (χ3v) is 4.32. The Morgan fingerprint density at radius 1 is 1.25 bits per heavy atom. The van der Waals surface area contributed by atoms with Gasteiger partial charge in [-0.15, -0.1) is 0 Å². The summed E-state index contributed by atoms with van der Waals surface area (Å²) in [7, 11) is 0. The summed E-state index contributed by atoms with van der Waals surface area (Å²) in [6.07, 6.45) is -1.76. The molecule has 1 amide bonds. The van der Waals surface area contributed by atoms with Gasteiger partial charge in [0, 0.05) is 3.57 Å². The van der Waals surface area contributed by atoms with Gasteiger partial charge in [-0.1, -0.05) is 12.1 Å². The third-order valence-electron chi connectivity index (χ3n) is 3.61.